The first-order valence-corrected chi connectivity index (χ1v) is 13.6. The van der Waals surface area contributed by atoms with Crippen molar-refractivity contribution in [1.82, 2.24) is 0 Å². The Kier molecular flexibility index (Phi) is 11.9. The molecule has 0 fully saturated rings. The van der Waals surface area contributed by atoms with Crippen LogP contribution in [0.3, 0.4) is 0 Å². The van der Waals surface area contributed by atoms with Gasteiger partial charge in [-0.25, -0.2) is 0 Å². The van der Waals surface area contributed by atoms with E-state index >= 15 is 0 Å². The highest BCUT2D eigenvalue weighted by Crippen LogP contribution is 2.53. The van der Waals surface area contributed by atoms with Crippen molar-refractivity contribution in [2.75, 3.05) is 20.8 Å². The van der Waals surface area contributed by atoms with E-state index in [0.29, 0.717) is 0 Å². The third kappa shape index (κ3) is 8.85. The Morgan fingerprint density at radius 2 is 1.05 bits per heavy atom. The van der Waals surface area contributed by atoms with Gasteiger partial charge in [-0.3, -0.25) is 4.57 Å². The lowest BCUT2D eigenvalue weighted by atomic mass is 10.1. The average molecular weight is 531 g/mol. The Hall–Kier alpha value is -2.39. The maximum atomic E-state index is 13.2. The summed E-state index contributed by atoms with van der Waals surface area (Å²) in [4.78, 5) is 0. The van der Waals surface area contributed by atoms with E-state index in [1.165, 1.54) is 14.2 Å². The molecule has 0 spiro atoms. The molecule has 0 saturated heterocycles. The summed E-state index contributed by atoms with van der Waals surface area (Å²) < 4.78 is 41.2. The summed E-state index contributed by atoms with van der Waals surface area (Å²) in [5, 5.41) is 22.3. The molecular formula is C28H35O8P. The van der Waals surface area contributed by atoms with Gasteiger partial charge in [-0.1, -0.05) is 91.0 Å². The highest BCUT2D eigenvalue weighted by molar-refractivity contribution is 7.54. The summed E-state index contributed by atoms with van der Waals surface area (Å²) in [5.74, 6) is -1.74. The largest absolute Gasteiger partial charge is 0.388 e. The van der Waals surface area contributed by atoms with Gasteiger partial charge in [-0.15, -0.1) is 0 Å². The molecule has 0 aliphatic carbocycles. The van der Waals surface area contributed by atoms with Crippen LogP contribution in [0, 0.1) is 0 Å². The number of ether oxygens (including phenoxy) is 3. The van der Waals surface area contributed by atoms with Gasteiger partial charge in [0.25, 0.3) is 0 Å². The minimum Gasteiger partial charge on any atom is -0.388 e. The molecule has 0 unspecified atom stereocenters. The van der Waals surface area contributed by atoms with Gasteiger partial charge in [0.1, 0.15) is 18.3 Å². The van der Waals surface area contributed by atoms with E-state index in [1.807, 2.05) is 91.0 Å². The van der Waals surface area contributed by atoms with Gasteiger partial charge in [0.15, 0.2) is 5.85 Å². The van der Waals surface area contributed by atoms with Crippen molar-refractivity contribution >= 4 is 7.60 Å². The minimum atomic E-state index is -4.01. The first-order valence-electron chi connectivity index (χ1n) is 12.0. The fourth-order valence-electron chi connectivity index (χ4n) is 3.75. The molecule has 200 valence electrons. The molecule has 2 N–H and O–H groups in total. The van der Waals surface area contributed by atoms with Crippen LogP contribution in [-0.2, 0) is 47.6 Å². The maximum Gasteiger partial charge on any atom is 0.361 e. The second-order valence-corrected chi connectivity index (χ2v) is 10.7. The molecule has 8 nitrogen and oxygen atoms in total. The lowest BCUT2D eigenvalue weighted by Crippen LogP contribution is -2.49. The average Bonchev–Trinajstić information content (AvgIpc) is 2.95. The summed E-state index contributed by atoms with van der Waals surface area (Å²) in [7, 11) is -1.65. The third-order valence-corrected chi connectivity index (χ3v) is 7.76. The Bertz CT molecular complexity index is 1060. The van der Waals surface area contributed by atoms with Crippen molar-refractivity contribution in [2.24, 2.45) is 0 Å². The topological polar surface area (TPSA) is 104 Å². The molecule has 0 heterocycles. The highest BCUT2D eigenvalue weighted by atomic mass is 31.2. The van der Waals surface area contributed by atoms with Gasteiger partial charge in [-0.05, 0) is 16.7 Å². The molecule has 0 saturated carbocycles. The maximum absolute atomic E-state index is 13.2. The summed E-state index contributed by atoms with van der Waals surface area (Å²) in [6.45, 7) is 0.342. The third-order valence-electron chi connectivity index (χ3n) is 5.80. The summed E-state index contributed by atoms with van der Waals surface area (Å²) in [6.07, 6.45) is -3.64. The smallest absolute Gasteiger partial charge is 0.361 e. The number of aliphatic hydroxyl groups is 2. The molecular weight excluding hydrogens is 495 g/mol. The van der Waals surface area contributed by atoms with Crippen LogP contribution in [0.4, 0.5) is 0 Å². The van der Waals surface area contributed by atoms with Crippen molar-refractivity contribution in [2.45, 2.75) is 44.0 Å². The predicted molar refractivity (Wildman–Crippen MR) is 140 cm³/mol. The van der Waals surface area contributed by atoms with E-state index in [0.717, 1.165) is 16.7 Å². The SMILES string of the molecule is COP(=O)(OC)[C@@H](O)[C@@H](OCc1ccccc1)[C@H](OCc1ccccc1)[C@H](O)COCc1ccccc1. The number of benzene rings is 3. The van der Waals surface area contributed by atoms with Gasteiger partial charge in [0.05, 0.1) is 26.4 Å². The van der Waals surface area contributed by atoms with Gasteiger partial charge >= 0.3 is 7.60 Å². The lowest BCUT2D eigenvalue weighted by molar-refractivity contribution is -0.166. The van der Waals surface area contributed by atoms with Crippen LogP contribution >= 0.6 is 7.60 Å². The Balaban J connectivity index is 1.83. The molecule has 4 atom stereocenters. The van der Waals surface area contributed by atoms with E-state index in [-0.39, 0.29) is 26.4 Å². The van der Waals surface area contributed by atoms with Crippen LogP contribution in [0.15, 0.2) is 91.0 Å². The Labute approximate surface area is 218 Å². The van der Waals surface area contributed by atoms with Crippen molar-refractivity contribution in [1.29, 1.82) is 0 Å². The zero-order valence-electron chi connectivity index (χ0n) is 21.1. The molecule has 0 aromatic heterocycles. The van der Waals surface area contributed by atoms with Crippen LogP contribution in [0.1, 0.15) is 16.7 Å². The standard InChI is InChI=1S/C28H35O8P/c1-32-37(31,33-2)28(30)27(36-20-24-16-10-5-11-17-24)26(35-19-23-14-8-4-9-15-23)25(29)21-34-18-22-12-6-3-7-13-22/h3-17,25-30H,18-21H2,1-2H3/t25-,26-,27+,28-/m1/s1. The number of hydrogen-bond acceptors (Lipinski definition) is 8. The van der Waals surface area contributed by atoms with Gasteiger partial charge in [0.2, 0.25) is 0 Å². The number of hydrogen-bond donors (Lipinski definition) is 2. The summed E-state index contributed by atoms with van der Waals surface area (Å²) in [6, 6.07) is 28.2. The zero-order valence-corrected chi connectivity index (χ0v) is 22.0. The molecule has 3 aromatic carbocycles. The minimum absolute atomic E-state index is 0.0682. The lowest BCUT2D eigenvalue weighted by Gasteiger charge is -2.35. The summed E-state index contributed by atoms with van der Waals surface area (Å²) >= 11 is 0. The number of rotatable bonds is 16. The fraction of sp³-hybridized carbons (Fsp3) is 0.357. The van der Waals surface area contributed by atoms with E-state index in [1.54, 1.807) is 0 Å². The monoisotopic (exact) mass is 530 g/mol. The first kappa shape index (κ1) is 29.2. The van der Waals surface area contributed by atoms with E-state index in [9.17, 15) is 14.8 Å². The van der Waals surface area contributed by atoms with E-state index in [4.69, 9.17) is 23.3 Å². The van der Waals surface area contributed by atoms with Crippen molar-refractivity contribution in [3.05, 3.63) is 108 Å². The highest BCUT2D eigenvalue weighted by Gasteiger charge is 2.46. The molecule has 0 bridgehead atoms. The second-order valence-electron chi connectivity index (χ2n) is 8.41. The van der Waals surface area contributed by atoms with Crippen molar-refractivity contribution in [3.63, 3.8) is 0 Å². The molecule has 3 rings (SSSR count). The van der Waals surface area contributed by atoms with Crippen LogP contribution in [0.2, 0.25) is 0 Å². The van der Waals surface area contributed by atoms with Crippen molar-refractivity contribution < 1.29 is 38.0 Å². The fourth-order valence-corrected chi connectivity index (χ4v) is 4.94. The van der Waals surface area contributed by atoms with Crippen LogP contribution in [0.5, 0.6) is 0 Å². The van der Waals surface area contributed by atoms with Crippen LogP contribution in [0.25, 0.3) is 0 Å². The molecule has 0 aliphatic heterocycles. The molecule has 37 heavy (non-hydrogen) atoms. The van der Waals surface area contributed by atoms with E-state index in [2.05, 4.69) is 0 Å². The van der Waals surface area contributed by atoms with Crippen molar-refractivity contribution in [3.8, 4) is 0 Å². The number of aliphatic hydroxyl groups excluding tert-OH is 2. The Morgan fingerprint density at radius 1 is 0.649 bits per heavy atom. The van der Waals surface area contributed by atoms with Gasteiger partial charge in [0, 0.05) is 14.2 Å². The molecule has 3 aromatic rings. The molecule has 0 aliphatic rings. The van der Waals surface area contributed by atoms with Gasteiger partial charge < -0.3 is 33.5 Å². The molecule has 0 radical (unpaired) electrons. The zero-order chi connectivity index (χ0) is 26.5. The normalized spacial score (nSPS) is 15.1. The molecule has 9 heteroatoms. The van der Waals surface area contributed by atoms with Gasteiger partial charge in [-0.2, -0.15) is 0 Å². The second kappa shape index (κ2) is 15.1. The van der Waals surface area contributed by atoms with E-state index < -0.39 is 31.8 Å². The summed E-state index contributed by atoms with van der Waals surface area (Å²) in [5.41, 5.74) is 2.61. The predicted octanol–water partition coefficient (Wildman–Crippen LogP) is 4.54. The Morgan fingerprint density at radius 3 is 1.49 bits per heavy atom. The van der Waals surface area contributed by atoms with Crippen LogP contribution < -0.4 is 0 Å². The van der Waals surface area contributed by atoms with Crippen LogP contribution in [-0.4, -0.2) is 55.2 Å². The first-order chi connectivity index (χ1) is 18.0. The molecule has 0 amide bonds. The quantitative estimate of drug-likeness (QED) is 0.260.